The average molecular weight is 840 g/mol. The highest BCUT2D eigenvalue weighted by Gasteiger charge is 2.27. The summed E-state index contributed by atoms with van der Waals surface area (Å²) in [6.45, 7) is 12.9. The van der Waals surface area contributed by atoms with Crippen LogP contribution in [-0.4, -0.2) is 48.3 Å². The molecule has 9 nitrogen and oxygen atoms in total. The molecule has 0 N–H and O–H groups in total. The molecule has 0 amide bonds. The molecule has 6 aromatic rings. The number of hydrogen-bond acceptors (Lipinski definition) is 9. The lowest BCUT2D eigenvalue weighted by atomic mass is 9.86. The molecular weight excluding hydrogens is 791 g/mol. The largest absolute Gasteiger partial charge is 0.463 e. The van der Waals surface area contributed by atoms with Crippen LogP contribution in [0.4, 0.5) is 0 Å². The smallest absolute Gasteiger partial charge is 0.302 e. The van der Waals surface area contributed by atoms with Crippen LogP contribution < -0.4 is 4.74 Å². The molecule has 6 rings (SSSR count). The third kappa shape index (κ3) is 9.58. The standard InChI is InChI=1S/C48H48Cl2O9/c1-25(55-29(5)51)21-39-33-13-9-11-15-35(33)41(23-27(3)57-31(7)53)45-37(39)17-19-43(49)47(45)59-48-44(50)20-18-38-40(22-26(2)56-30(6)52)34-14-10-12-16-36(34)42(46(38)48)24-28(4)58-32(8)54/h9-20,25-28H,21-24H2,1-8H3. The first-order valence-corrected chi connectivity index (χ1v) is 20.5. The van der Waals surface area contributed by atoms with E-state index in [1.807, 2.05) is 88.4 Å². The number of ether oxygens (including phenoxy) is 5. The van der Waals surface area contributed by atoms with Crippen LogP contribution in [0.2, 0.25) is 10.0 Å². The van der Waals surface area contributed by atoms with Gasteiger partial charge in [0, 0.05) is 64.2 Å². The minimum absolute atomic E-state index is 0.306. The van der Waals surface area contributed by atoms with Gasteiger partial charge in [0.2, 0.25) is 0 Å². The van der Waals surface area contributed by atoms with Crippen molar-refractivity contribution in [1.29, 1.82) is 0 Å². The second kappa shape index (κ2) is 18.3. The van der Waals surface area contributed by atoms with E-state index in [1.165, 1.54) is 27.7 Å². The number of halogens is 2. The van der Waals surface area contributed by atoms with Gasteiger partial charge < -0.3 is 23.7 Å². The molecule has 0 aliphatic carbocycles. The van der Waals surface area contributed by atoms with Gasteiger partial charge >= 0.3 is 23.9 Å². The third-order valence-electron chi connectivity index (χ3n) is 10.3. The Morgan fingerprint density at radius 3 is 0.983 bits per heavy atom. The SMILES string of the molecule is CC(=O)OC(C)Cc1c2ccccc2c(CC(C)OC(C)=O)c2c(Oc3c(Cl)ccc4c(CC(C)OC(C)=O)c5ccccc5c(CC(C)OC(C)=O)c34)c(Cl)ccc12. The Balaban J connectivity index is 1.71. The zero-order chi connectivity index (χ0) is 42.7. The van der Waals surface area contributed by atoms with Gasteiger partial charge in [-0.05, 0) is 94.4 Å². The average Bonchev–Trinajstić information content (AvgIpc) is 3.14. The van der Waals surface area contributed by atoms with Gasteiger partial charge in [0.15, 0.2) is 11.5 Å². The van der Waals surface area contributed by atoms with Crippen LogP contribution in [0.25, 0.3) is 43.1 Å². The fourth-order valence-corrected chi connectivity index (χ4v) is 8.80. The first-order valence-electron chi connectivity index (χ1n) is 19.7. The van der Waals surface area contributed by atoms with Crippen molar-refractivity contribution >= 4 is 90.2 Å². The molecule has 0 aliphatic rings. The zero-order valence-electron chi connectivity index (χ0n) is 34.5. The molecule has 11 heteroatoms. The number of benzene rings is 6. The Labute approximate surface area is 353 Å². The molecule has 0 saturated carbocycles. The highest BCUT2D eigenvalue weighted by Crippen LogP contribution is 2.49. The Kier molecular flexibility index (Phi) is 13.4. The number of fused-ring (bicyclic) bond motifs is 4. The van der Waals surface area contributed by atoms with Crippen molar-refractivity contribution in [2.75, 3.05) is 0 Å². The summed E-state index contributed by atoms with van der Waals surface area (Å²) in [5, 5.41) is 7.29. The van der Waals surface area contributed by atoms with Crippen molar-refractivity contribution < 1.29 is 42.9 Å². The maximum Gasteiger partial charge on any atom is 0.302 e. The number of esters is 4. The van der Waals surface area contributed by atoms with Crippen LogP contribution in [-0.2, 0) is 63.8 Å². The normalized spacial score (nSPS) is 13.5. The van der Waals surface area contributed by atoms with Gasteiger partial charge in [-0.1, -0.05) is 83.9 Å². The summed E-state index contributed by atoms with van der Waals surface area (Å²) in [6.07, 6.45) is -0.517. The van der Waals surface area contributed by atoms with E-state index in [1.54, 1.807) is 12.1 Å². The topological polar surface area (TPSA) is 114 Å². The molecule has 0 aromatic heterocycles. The van der Waals surface area contributed by atoms with Crippen molar-refractivity contribution in [3.05, 3.63) is 105 Å². The van der Waals surface area contributed by atoms with Gasteiger partial charge in [0.05, 0.1) is 10.0 Å². The molecule has 0 aliphatic heterocycles. The van der Waals surface area contributed by atoms with Crippen LogP contribution in [0.5, 0.6) is 11.5 Å². The van der Waals surface area contributed by atoms with Crippen LogP contribution in [0.15, 0.2) is 72.8 Å². The van der Waals surface area contributed by atoms with Gasteiger partial charge in [-0.3, -0.25) is 19.2 Å². The summed E-state index contributed by atoms with van der Waals surface area (Å²) in [4.78, 5) is 48.5. The van der Waals surface area contributed by atoms with Crippen molar-refractivity contribution in [2.24, 2.45) is 0 Å². The summed E-state index contributed by atoms with van der Waals surface area (Å²) in [5.74, 6) is -0.921. The molecule has 0 radical (unpaired) electrons. The number of hydrogen-bond donors (Lipinski definition) is 0. The van der Waals surface area contributed by atoms with Gasteiger partial charge in [-0.2, -0.15) is 0 Å². The molecule has 0 heterocycles. The van der Waals surface area contributed by atoms with E-state index in [2.05, 4.69) is 0 Å². The van der Waals surface area contributed by atoms with Gasteiger partial charge in [-0.25, -0.2) is 0 Å². The molecule has 0 bridgehead atoms. The predicted molar refractivity (Wildman–Crippen MR) is 233 cm³/mol. The molecule has 4 atom stereocenters. The van der Waals surface area contributed by atoms with E-state index >= 15 is 0 Å². The Hall–Kier alpha value is -5.38. The summed E-state index contributed by atoms with van der Waals surface area (Å²) in [5.41, 5.74) is 3.52. The van der Waals surface area contributed by atoms with Gasteiger partial charge in [0.25, 0.3) is 0 Å². The minimum atomic E-state index is -0.514. The lowest BCUT2D eigenvalue weighted by Crippen LogP contribution is -2.17. The van der Waals surface area contributed by atoms with Gasteiger partial charge in [0.1, 0.15) is 24.4 Å². The van der Waals surface area contributed by atoms with Crippen LogP contribution in [0.3, 0.4) is 0 Å². The van der Waals surface area contributed by atoms with Crippen molar-refractivity contribution in [2.45, 2.75) is 105 Å². The minimum Gasteiger partial charge on any atom is -0.463 e. The molecular formula is C48H48Cl2O9. The first-order chi connectivity index (χ1) is 28.0. The second-order valence-electron chi connectivity index (χ2n) is 15.2. The molecule has 0 spiro atoms. The molecule has 308 valence electrons. The second-order valence-corrected chi connectivity index (χ2v) is 16.0. The first kappa shape index (κ1) is 43.2. The highest BCUT2D eigenvalue weighted by atomic mass is 35.5. The summed E-state index contributed by atoms with van der Waals surface area (Å²) in [6, 6.07) is 23.3. The number of carbonyl (C=O) groups excluding carboxylic acids is 4. The third-order valence-corrected chi connectivity index (χ3v) is 10.9. The summed E-state index contributed by atoms with van der Waals surface area (Å²) < 4.78 is 29.8. The molecule has 4 unspecified atom stereocenters. The van der Waals surface area contributed by atoms with E-state index in [9.17, 15) is 19.2 Å². The Morgan fingerprint density at radius 2 is 0.695 bits per heavy atom. The Morgan fingerprint density at radius 1 is 0.424 bits per heavy atom. The molecule has 0 fully saturated rings. The van der Waals surface area contributed by atoms with E-state index in [4.69, 9.17) is 46.9 Å². The van der Waals surface area contributed by atoms with Gasteiger partial charge in [-0.15, -0.1) is 0 Å². The van der Waals surface area contributed by atoms with Crippen LogP contribution in [0, 0.1) is 0 Å². The zero-order valence-corrected chi connectivity index (χ0v) is 36.0. The maximum atomic E-state index is 12.2. The monoisotopic (exact) mass is 838 g/mol. The molecule has 0 saturated heterocycles. The fourth-order valence-electron chi connectivity index (χ4n) is 8.41. The quantitative estimate of drug-likeness (QED) is 0.0601. The maximum absolute atomic E-state index is 12.2. The van der Waals surface area contributed by atoms with Crippen LogP contribution >= 0.6 is 23.2 Å². The predicted octanol–water partition coefficient (Wildman–Crippen LogP) is 11.4. The Bertz CT molecular complexity index is 2440. The molecule has 6 aromatic carbocycles. The van der Waals surface area contributed by atoms with Crippen LogP contribution in [0.1, 0.15) is 77.6 Å². The highest BCUT2D eigenvalue weighted by molar-refractivity contribution is 6.35. The number of carbonyl (C=O) groups is 4. The van der Waals surface area contributed by atoms with E-state index in [-0.39, 0.29) is 11.9 Å². The summed E-state index contributed by atoms with van der Waals surface area (Å²) in [7, 11) is 0. The summed E-state index contributed by atoms with van der Waals surface area (Å²) >= 11 is 14.4. The number of rotatable bonds is 14. The lowest BCUT2D eigenvalue weighted by molar-refractivity contribution is -0.146. The molecule has 59 heavy (non-hydrogen) atoms. The lowest BCUT2D eigenvalue weighted by Gasteiger charge is -2.25. The van der Waals surface area contributed by atoms with Crippen molar-refractivity contribution in [1.82, 2.24) is 0 Å². The van der Waals surface area contributed by atoms with Crippen molar-refractivity contribution in [3.63, 3.8) is 0 Å². The fraction of sp³-hybridized carbons (Fsp3) is 0.333. The van der Waals surface area contributed by atoms with E-state index in [0.29, 0.717) is 58.0 Å². The van der Waals surface area contributed by atoms with E-state index < -0.39 is 36.4 Å². The van der Waals surface area contributed by atoms with E-state index in [0.717, 1.165) is 54.6 Å². The van der Waals surface area contributed by atoms with Crippen molar-refractivity contribution in [3.8, 4) is 11.5 Å².